The third-order valence-electron chi connectivity index (χ3n) is 7.96. The summed E-state index contributed by atoms with van der Waals surface area (Å²) in [6.07, 6.45) is 7.32. The predicted molar refractivity (Wildman–Crippen MR) is 111 cm³/mol. The second kappa shape index (κ2) is 6.22. The Hall–Kier alpha value is -1.06. The number of carbonyl (C=O) groups is 1. The zero-order valence-corrected chi connectivity index (χ0v) is 17.4. The van der Waals surface area contributed by atoms with Gasteiger partial charge in [-0.1, -0.05) is 44.2 Å². The van der Waals surface area contributed by atoms with Crippen molar-refractivity contribution in [2.45, 2.75) is 64.3 Å². The van der Waals surface area contributed by atoms with Crippen LogP contribution < -0.4 is 5.73 Å². The number of benzene rings is 1. The van der Waals surface area contributed by atoms with Gasteiger partial charge in [0.1, 0.15) is 0 Å². The monoisotopic (exact) mass is 388 g/mol. The summed E-state index contributed by atoms with van der Waals surface area (Å²) in [7, 11) is 0. The van der Waals surface area contributed by atoms with Gasteiger partial charge in [-0.05, 0) is 60.8 Å². The lowest BCUT2D eigenvalue weighted by Crippen LogP contribution is -2.60. The summed E-state index contributed by atoms with van der Waals surface area (Å²) in [6.45, 7) is 6.41. The number of carbonyl (C=O) groups excluding carboxylic acids is 1. The molecular weight excluding hydrogens is 356 g/mol. The Labute approximate surface area is 169 Å². The molecule has 4 aliphatic carbocycles. The van der Waals surface area contributed by atoms with Crippen molar-refractivity contribution in [1.82, 2.24) is 4.90 Å². The molecule has 4 heteroatoms. The van der Waals surface area contributed by atoms with Crippen LogP contribution in [0.15, 0.2) is 30.3 Å². The fraction of sp³-hybridized carbons (Fsp3) is 0.696. The molecule has 0 aromatic heterocycles. The summed E-state index contributed by atoms with van der Waals surface area (Å²) in [5.74, 6) is 1.46. The number of hydrogen-bond donors (Lipinski definition) is 1. The molecule has 5 fully saturated rings. The minimum Gasteiger partial charge on any atom is -0.340 e. The van der Waals surface area contributed by atoms with E-state index in [4.69, 9.17) is 5.73 Å². The highest BCUT2D eigenvalue weighted by molar-refractivity contribution is 5.85. The highest BCUT2D eigenvalue weighted by Gasteiger charge is 2.63. The molecule has 1 aromatic carbocycles. The maximum Gasteiger partial charge on any atom is 0.228 e. The highest BCUT2D eigenvalue weighted by atomic mass is 35.5. The van der Waals surface area contributed by atoms with Gasteiger partial charge in [0, 0.05) is 25.0 Å². The fourth-order valence-electron chi connectivity index (χ4n) is 8.07. The van der Waals surface area contributed by atoms with Crippen molar-refractivity contribution in [3.05, 3.63) is 35.9 Å². The Kier molecular flexibility index (Phi) is 4.44. The molecule has 6 rings (SSSR count). The van der Waals surface area contributed by atoms with Crippen LogP contribution in [0.5, 0.6) is 0 Å². The van der Waals surface area contributed by atoms with Gasteiger partial charge in [-0.3, -0.25) is 4.79 Å². The van der Waals surface area contributed by atoms with Crippen molar-refractivity contribution in [3.63, 3.8) is 0 Å². The summed E-state index contributed by atoms with van der Waals surface area (Å²) >= 11 is 0. The Morgan fingerprint density at radius 2 is 1.63 bits per heavy atom. The van der Waals surface area contributed by atoms with Gasteiger partial charge < -0.3 is 10.6 Å². The van der Waals surface area contributed by atoms with Crippen molar-refractivity contribution in [3.8, 4) is 0 Å². The van der Waals surface area contributed by atoms with Crippen molar-refractivity contribution in [1.29, 1.82) is 0 Å². The van der Waals surface area contributed by atoms with E-state index in [1.807, 2.05) is 6.07 Å². The van der Waals surface area contributed by atoms with Gasteiger partial charge in [0.05, 0.1) is 5.41 Å². The van der Waals surface area contributed by atoms with Crippen molar-refractivity contribution >= 4 is 18.3 Å². The van der Waals surface area contributed by atoms with E-state index >= 15 is 0 Å². The first kappa shape index (κ1) is 19.3. The number of halogens is 1. The van der Waals surface area contributed by atoms with Crippen LogP contribution in [0.2, 0.25) is 0 Å². The van der Waals surface area contributed by atoms with Crippen LogP contribution in [0.25, 0.3) is 0 Å². The van der Waals surface area contributed by atoms with E-state index in [1.54, 1.807) is 0 Å². The molecule has 1 amide bonds. The molecular formula is C23H33ClN2O. The number of rotatable bonds is 2. The Morgan fingerprint density at radius 1 is 1.00 bits per heavy atom. The number of nitrogens with zero attached hydrogens (tertiary/aromatic N) is 1. The third kappa shape index (κ3) is 3.02. The first-order valence-corrected chi connectivity index (χ1v) is 10.4. The molecule has 0 radical (unpaired) electrons. The maximum absolute atomic E-state index is 13.8. The molecule has 148 valence electrons. The summed E-state index contributed by atoms with van der Waals surface area (Å²) in [5, 5.41) is 0. The van der Waals surface area contributed by atoms with Crippen molar-refractivity contribution in [2.24, 2.45) is 27.9 Å². The number of nitrogens with two attached hydrogens (primary N) is 1. The van der Waals surface area contributed by atoms with E-state index in [0.29, 0.717) is 16.7 Å². The van der Waals surface area contributed by atoms with Crippen LogP contribution in [0.1, 0.15) is 63.9 Å². The van der Waals surface area contributed by atoms with Gasteiger partial charge in [0.15, 0.2) is 0 Å². The number of hydrogen-bond acceptors (Lipinski definition) is 2. The molecule has 1 aromatic rings. The normalized spacial score (nSPS) is 45.0. The van der Waals surface area contributed by atoms with Gasteiger partial charge in [-0.15, -0.1) is 12.4 Å². The molecule has 0 spiro atoms. The first-order chi connectivity index (χ1) is 12.3. The molecule has 2 N–H and O–H groups in total. The topological polar surface area (TPSA) is 46.3 Å². The van der Waals surface area contributed by atoms with E-state index in [9.17, 15) is 4.79 Å². The zero-order chi connectivity index (χ0) is 18.2. The van der Waals surface area contributed by atoms with Crippen LogP contribution in [0, 0.1) is 22.2 Å². The van der Waals surface area contributed by atoms with E-state index in [2.05, 4.69) is 43.0 Å². The Balaban J connectivity index is 0.00000180. The van der Waals surface area contributed by atoms with E-state index in [-0.39, 0.29) is 29.8 Å². The summed E-state index contributed by atoms with van der Waals surface area (Å²) in [4.78, 5) is 15.9. The van der Waals surface area contributed by atoms with Crippen LogP contribution >= 0.6 is 12.4 Å². The summed E-state index contributed by atoms with van der Waals surface area (Å²) in [5.41, 5.74) is 8.42. The largest absolute Gasteiger partial charge is 0.340 e. The first-order valence-electron chi connectivity index (χ1n) is 10.4. The molecule has 1 aliphatic heterocycles. The standard InChI is InChI=1S/C23H32N2O.ClH/c1-21-8-16-9-22(2,13-21)15-23(10-16,14-21)20(26)25-11-18(19(24)12-25)17-6-4-3-5-7-17;/h3-7,16,18-19H,8-15,24H2,1-2H3;1H/t16?,18-,19+,21?,22?,23?;/m0./s1. The van der Waals surface area contributed by atoms with E-state index in [0.717, 1.165) is 38.3 Å². The van der Waals surface area contributed by atoms with Gasteiger partial charge in [0.2, 0.25) is 5.91 Å². The second-order valence-corrected chi connectivity index (χ2v) is 10.8. The average Bonchev–Trinajstić information content (AvgIpc) is 2.93. The molecule has 1 saturated heterocycles. The van der Waals surface area contributed by atoms with E-state index in [1.165, 1.54) is 24.8 Å². The van der Waals surface area contributed by atoms with Crippen molar-refractivity contribution in [2.75, 3.05) is 13.1 Å². The SMILES string of the molecule is CC12CC3CC(C)(C1)CC(C(=O)N1C[C@@H](N)[C@H](c4ccccc4)C1)(C3)C2.Cl. The predicted octanol–water partition coefficient (Wildman–Crippen LogP) is 4.36. The van der Waals surface area contributed by atoms with Gasteiger partial charge >= 0.3 is 0 Å². The van der Waals surface area contributed by atoms with Gasteiger partial charge in [-0.2, -0.15) is 0 Å². The van der Waals surface area contributed by atoms with Crippen LogP contribution in [-0.2, 0) is 4.79 Å². The summed E-state index contributed by atoms with van der Waals surface area (Å²) < 4.78 is 0. The van der Waals surface area contributed by atoms with Gasteiger partial charge in [-0.25, -0.2) is 0 Å². The van der Waals surface area contributed by atoms with Crippen LogP contribution in [0.3, 0.4) is 0 Å². The van der Waals surface area contributed by atoms with Crippen LogP contribution in [-0.4, -0.2) is 29.9 Å². The smallest absolute Gasteiger partial charge is 0.228 e. The molecule has 5 aliphatic rings. The van der Waals surface area contributed by atoms with Crippen LogP contribution in [0.4, 0.5) is 0 Å². The van der Waals surface area contributed by atoms with Gasteiger partial charge in [0.25, 0.3) is 0 Å². The third-order valence-corrected chi connectivity index (χ3v) is 7.96. The zero-order valence-electron chi connectivity index (χ0n) is 16.6. The molecule has 2 unspecified atom stereocenters. The maximum atomic E-state index is 13.8. The minimum atomic E-state index is -0.103. The highest BCUT2D eigenvalue weighted by Crippen LogP contribution is 2.70. The van der Waals surface area contributed by atoms with Crippen molar-refractivity contribution < 1.29 is 4.79 Å². The lowest BCUT2D eigenvalue weighted by molar-refractivity contribution is -0.178. The fourth-order valence-corrected chi connectivity index (χ4v) is 8.07. The molecule has 4 saturated carbocycles. The van der Waals surface area contributed by atoms with E-state index < -0.39 is 0 Å². The molecule has 3 nitrogen and oxygen atoms in total. The molecule has 4 bridgehead atoms. The molecule has 1 heterocycles. The minimum absolute atomic E-state index is 0. The summed E-state index contributed by atoms with van der Waals surface area (Å²) in [6, 6.07) is 10.6. The number of likely N-dealkylation sites (tertiary alicyclic amines) is 1. The second-order valence-electron chi connectivity index (χ2n) is 10.8. The number of amides is 1. The molecule has 4 atom stereocenters. The quantitative estimate of drug-likeness (QED) is 0.818. The Morgan fingerprint density at radius 3 is 2.22 bits per heavy atom. The average molecular weight is 389 g/mol. The Bertz CT molecular complexity index is 717. The molecule has 27 heavy (non-hydrogen) atoms. The lowest BCUT2D eigenvalue weighted by Gasteiger charge is -2.65. The lowest BCUT2D eigenvalue weighted by atomic mass is 9.40.